The van der Waals surface area contributed by atoms with Gasteiger partial charge in [-0.2, -0.15) is 5.06 Å². The molecule has 0 aliphatic carbocycles. The monoisotopic (exact) mass is 153 g/mol. The maximum atomic E-state index is 12.1. The van der Waals surface area contributed by atoms with Crippen LogP contribution in [0.1, 0.15) is 13.3 Å². The van der Waals surface area contributed by atoms with Gasteiger partial charge in [0.2, 0.25) is 5.92 Å². The minimum Gasteiger partial charge on any atom is -0.299 e. The summed E-state index contributed by atoms with van der Waals surface area (Å²) in [5.74, 6) is -2.62. The topological polar surface area (TPSA) is 12.5 Å². The molecule has 0 spiro atoms. The quantitative estimate of drug-likeness (QED) is 0.568. The predicted octanol–water partition coefficient (Wildman–Crippen LogP) is 1.52. The highest BCUT2D eigenvalue weighted by Gasteiger charge is 2.20. The fraction of sp³-hybridized carbons (Fsp3) is 1.00. The Morgan fingerprint density at radius 3 is 2.20 bits per heavy atom. The summed E-state index contributed by atoms with van der Waals surface area (Å²) in [6, 6.07) is 0. The lowest BCUT2D eigenvalue weighted by Crippen LogP contribution is -2.19. The van der Waals surface area contributed by atoms with Crippen LogP contribution in [0.15, 0.2) is 0 Å². The zero-order valence-electron chi connectivity index (χ0n) is 6.53. The van der Waals surface area contributed by atoms with E-state index in [9.17, 15) is 8.78 Å². The van der Waals surface area contributed by atoms with E-state index in [0.29, 0.717) is 0 Å². The molecule has 0 saturated carbocycles. The van der Waals surface area contributed by atoms with Crippen LogP contribution in [0.3, 0.4) is 0 Å². The molecule has 0 bridgehead atoms. The van der Waals surface area contributed by atoms with Gasteiger partial charge >= 0.3 is 0 Å². The van der Waals surface area contributed by atoms with Crippen molar-refractivity contribution in [1.82, 2.24) is 5.06 Å². The second-order valence-electron chi connectivity index (χ2n) is 2.47. The Morgan fingerprint density at radius 2 is 1.90 bits per heavy atom. The zero-order valence-corrected chi connectivity index (χ0v) is 6.53. The molecular formula is C6H13F2NO. The minimum atomic E-state index is -2.62. The molecule has 0 radical (unpaired) electrons. The fourth-order valence-electron chi connectivity index (χ4n) is 0.407. The molecule has 0 saturated heterocycles. The summed E-state index contributed by atoms with van der Waals surface area (Å²) in [5.41, 5.74) is 0. The summed E-state index contributed by atoms with van der Waals surface area (Å²) >= 11 is 0. The molecular weight excluding hydrogens is 140 g/mol. The highest BCUT2D eigenvalue weighted by molar-refractivity contribution is 4.55. The molecule has 0 fully saturated rings. The number of alkyl halides is 2. The van der Waals surface area contributed by atoms with Crippen molar-refractivity contribution in [1.29, 1.82) is 0 Å². The van der Waals surface area contributed by atoms with Gasteiger partial charge in [-0.15, -0.1) is 0 Å². The van der Waals surface area contributed by atoms with Crippen LogP contribution in [0.2, 0.25) is 0 Å². The van der Waals surface area contributed by atoms with Crippen LogP contribution in [0, 0.1) is 0 Å². The van der Waals surface area contributed by atoms with Gasteiger partial charge in [0.05, 0.1) is 6.61 Å². The van der Waals surface area contributed by atoms with Crippen molar-refractivity contribution in [2.75, 3.05) is 20.7 Å². The fourth-order valence-corrected chi connectivity index (χ4v) is 0.407. The minimum absolute atomic E-state index is 0.0660. The van der Waals surface area contributed by atoms with Crippen molar-refractivity contribution < 1.29 is 13.6 Å². The summed E-state index contributed by atoms with van der Waals surface area (Å²) in [6.07, 6.45) is -0.231. The molecule has 0 aromatic carbocycles. The molecule has 0 aliphatic rings. The number of rotatable bonds is 4. The molecule has 0 amide bonds. The normalized spacial score (nSPS) is 12.6. The van der Waals surface area contributed by atoms with Gasteiger partial charge in [0.25, 0.3) is 0 Å². The van der Waals surface area contributed by atoms with Crippen molar-refractivity contribution >= 4 is 0 Å². The molecule has 0 aromatic heterocycles. The second kappa shape index (κ2) is 3.83. The third kappa shape index (κ3) is 7.78. The van der Waals surface area contributed by atoms with Crippen molar-refractivity contribution in [3.63, 3.8) is 0 Å². The molecule has 0 rings (SSSR count). The number of hydrogen-bond donors (Lipinski definition) is 0. The van der Waals surface area contributed by atoms with Crippen LogP contribution in [0.25, 0.3) is 0 Å². The van der Waals surface area contributed by atoms with Crippen LogP contribution in [0.4, 0.5) is 8.78 Å². The van der Waals surface area contributed by atoms with Gasteiger partial charge in [0, 0.05) is 20.5 Å². The van der Waals surface area contributed by atoms with E-state index in [1.807, 2.05) is 0 Å². The molecule has 0 atom stereocenters. The van der Waals surface area contributed by atoms with E-state index in [4.69, 9.17) is 4.84 Å². The van der Waals surface area contributed by atoms with E-state index in [1.165, 1.54) is 5.06 Å². The smallest absolute Gasteiger partial charge is 0.247 e. The lowest BCUT2D eigenvalue weighted by Gasteiger charge is -2.13. The van der Waals surface area contributed by atoms with Crippen molar-refractivity contribution in [2.24, 2.45) is 0 Å². The second-order valence-corrected chi connectivity index (χ2v) is 2.47. The van der Waals surface area contributed by atoms with E-state index < -0.39 is 5.92 Å². The zero-order chi connectivity index (χ0) is 8.20. The Bertz CT molecular complexity index is 90.2. The average Bonchev–Trinajstić information content (AvgIpc) is 1.59. The van der Waals surface area contributed by atoms with Crippen LogP contribution in [0.5, 0.6) is 0 Å². The maximum Gasteiger partial charge on any atom is 0.247 e. The number of nitrogens with zero attached hydrogens (tertiary/aromatic N) is 1. The first-order chi connectivity index (χ1) is 4.42. The van der Waals surface area contributed by atoms with Gasteiger partial charge in [-0.3, -0.25) is 4.84 Å². The third-order valence-corrected chi connectivity index (χ3v) is 0.891. The van der Waals surface area contributed by atoms with Gasteiger partial charge < -0.3 is 0 Å². The largest absolute Gasteiger partial charge is 0.299 e. The van der Waals surface area contributed by atoms with Crippen LogP contribution >= 0.6 is 0 Å². The first kappa shape index (κ1) is 9.78. The SMILES string of the molecule is CN(C)OCCC(C)(F)F. The lowest BCUT2D eigenvalue weighted by atomic mass is 10.3. The Balaban J connectivity index is 3.21. The van der Waals surface area contributed by atoms with E-state index >= 15 is 0 Å². The molecule has 4 heteroatoms. The molecule has 0 aromatic rings. The van der Waals surface area contributed by atoms with Gasteiger partial charge in [0.15, 0.2) is 0 Å². The van der Waals surface area contributed by atoms with Crippen molar-refractivity contribution in [2.45, 2.75) is 19.3 Å². The first-order valence-electron chi connectivity index (χ1n) is 3.10. The highest BCUT2D eigenvalue weighted by atomic mass is 19.3. The Hall–Kier alpha value is -0.220. The summed E-state index contributed by atoms with van der Waals surface area (Å²) < 4.78 is 24.1. The summed E-state index contributed by atoms with van der Waals surface area (Å²) in [7, 11) is 3.32. The van der Waals surface area contributed by atoms with Gasteiger partial charge in [-0.05, 0) is 6.92 Å². The van der Waals surface area contributed by atoms with Crippen LogP contribution in [-0.2, 0) is 4.84 Å². The summed E-state index contributed by atoms with van der Waals surface area (Å²) in [4.78, 5) is 4.77. The molecule has 2 nitrogen and oxygen atoms in total. The Morgan fingerprint density at radius 1 is 1.40 bits per heavy atom. The van der Waals surface area contributed by atoms with E-state index in [0.717, 1.165) is 6.92 Å². The first-order valence-corrected chi connectivity index (χ1v) is 3.10. The van der Waals surface area contributed by atoms with Gasteiger partial charge in [0.1, 0.15) is 0 Å². The van der Waals surface area contributed by atoms with Crippen molar-refractivity contribution in [3.8, 4) is 0 Å². The van der Waals surface area contributed by atoms with Gasteiger partial charge in [-0.1, -0.05) is 0 Å². The molecule has 0 unspecified atom stereocenters. The summed E-state index contributed by atoms with van der Waals surface area (Å²) in [5, 5.41) is 1.41. The standard InChI is InChI=1S/C6H13F2NO/c1-6(7,8)4-5-10-9(2)3/h4-5H2,1-3H3. The Kier molecular flexibility index (Phi) is 3.75. The molecule has 0 heterocycles. The number of hydroxylamine groups is 2. The molecule has 0 N–H and O–H groups in total. The van der Waals surface area contributed by atoms with Crippen molar-refractivity contribution in [3.05, 3.63) is 0 Å². The maximum absolute atomic E-state index is 12.1. The van der Waals surface area contributed by atoms with Crippen LogP contribution < -0.4 is 0 Å². The highest BCUT2D eigenvalue weighted by Crippen LogP contribution is 2.15. The summed E-state index contributed by atoms with van der Waals surface area (Å²) in [6.45, 7) is 0.947. The average molecular weight is 153 g/mol. The molecule has 10 heavy (non-hydrogen) atoms. The number of halogens is 2. The van der Waals surface area contributed by atoms with Crippen LogP contribution in [-0.4, -0.2) is 31.7 Å². The molecule has 62 valence electrons. The van der Waals surface area contributed by atoms with Gasteiger partial charge in [-0.25, -0.2) is 8.78 Å². The Labute approximate surface area is 59.7 Å². The van der Waals surface area contributed by atoms with E-state index in [-0.39, 0.29) is 13.0 Å². The third-order valence-electron chi connectivity index (χ3n) is 0.891. The lowest BCUT2D eigenvalue weighted by molar-refractivity contribution is -0.138. The van der Waals surface area contributed by atoms with E-state index in [1.54, 1.807) is 14.1 Å². The van der Waals surface area contributed by atoms with E-state index in [2.05, 4.69) is 0 Å². The molecule has 0 aliphatic heterocycles. The number of hydrogen-bond acceptors (Lipinski definition) is 2. The predicted molar refractivity (Wildman–Crippen MR) is 34.9 cm³/mol.